The molecule has 21 heavy (non-hydrogen) atoms. The minimum atomic E-state index is -0.342. The number of carbonyl (C=O) groups excluding carboxylic acids is 1. The van der Waals surface area contributed by atoms with E-state index in [1.165, 1.54) is 0 Å². The van der Waals surface area contributed by atoms with Gasteiger partial charge in [0.15, 0.2) is 0 Å². The molecule has 5 nitrogen and oxygen atoms in total. The summed E-state index contributed by atoms with van der Waals surface area (Å²) in [5.74, 6) is 1.20. The van der Waals surface area contributed by atoms with Gasteiger partial charge in [0.25, 0.3) is 0 Å². The van der Waals surface area contributed by atoms with Crippen molar-refractivity contribution < 1.29 is 14.3 Å². The maximum absolute atomic E-state index is 12.1. The van der Waals surface area contributed by atoms with Crippen molar-refractivity contribution in [2.45, 2.75) is 0 Å². The number of hydrogen-bond donors (Lipinski definition) is 2. The molecule has 2 aromatic carbocycles. The molecule has 0 aliphatic rings. The zero-order valence-electron chi connectivity index (χ0n) is 11.6. The highest BCUT2D eigenvalue weighted by atomic mass is 127. The summed E-state index contributed by atoms with van der Waals surface area (Å²) in [6, 6.07) is 12.4. The Labute approximate surface area is 136 Å². The van der Waals surface area contributed by atoms with Crippen LogP contribution in [0.4, 0.5) is 16.2 Å². The van der Waals surface area contributed by atoms with Gasteiger partial charge in [-0.2, -0.15) is 0 Å². The quantitative estimate of drug-likeness (QED) is 0.767. The van der Waals surface area contributed by atoms with Crippen LogP contribution < -0.4 is 20.1 Å². The molecule has 0 heterocycles. The van der Waals surface area contributed by atoms with E-state index in [-0.39, 0.29) is 6.03 Å². The molecule has 2 N–H and O–H groups in total. The van der Waals surface area contributed by atoms with Crippen LogP contribution in [0.2, 0.25) is 0 Å². The lowest BCUT2D eigenvalue weighted by Gasteiger charge is -2.13. The van der Waals surface area contributed by atoms with Gasteiger partial charge in [-0.1, -0.05) is 12.1 Å². The van der Waals surface area contributed by atoms with Crippen LogP contribution in [0.15, 0.2) is 42.5 Å². The number of carbonyl (C=O) groups is 1. The molecule has 0 saturated heterocycles. The first-order valence-corrected chi connectivity index (χ1v) is 7.26. The van der Waals surface area contributed by atoms with E-state index in [9.17, 15) is 4.79 Å². The van der Waals surface area contributed by atoms with E-state index in [1.54, 1.807) is 32.4 Å². The number of nitrogens with one attached hydrogen (secondary N) is 2. The summed E-state index contributed by atoms with van der Waals surface area (Å²) in [5, 5.41) is 5.55. The van der Waals surface area contributed by atoms with Gasteiger partial charge in [-0.05, 0) is 46.9 Å². The maximum Gasteiger partial charge on any atom is 0.323 e. The molecular formula is C15H15IN2O3. The summed E-state index contributed by atoms with van der Waals surface area (Å²) in [4.78, 5) is 12.1. The third-order valence-electron chi connectivity index (χ3n) is 2.78. The number of amides is 2. The molecule has 0 spiro atoms. The molecule has 0 aromatic heterocycles. The number of anilines is 2. The van der Waals surface area contributed by atoms with E-state index in [2.05, 4.69) is 33.2 Å². The second-order valence-electron chi connectivity index (χ2n) is 4.13. The number of ether oxygens (including phenoxy) is 2. The third kappa shape index (κ3) is 4.01. The molecule has 110 valence electrons. The van der Waals surface area contributed by atoms with Gasteiger partial charge < -0.3 is 20.1 Å². The lowest BCUT2D eigenvalue weighted by Crippen LogP contribution is -2.20. The normalized spacial score (nSPS) is 9.86. The van der Waals surface area contributed by atoms with E-state index in [0.29, 0.717) is 17.2 Å². The number of halogens is 1. The average Bonchev–Trinajstić information content (AvgIpc) is 2.49. The molecule has 2 aromatic rings. The number of benzene rings is 2. The predicted octanol–water partition coefficient (Wildman–Crippen LogP) is 3.95. The van der Waals surface area contributed by atoms with Crippen LogP contribution in [0, 0.1) is 3.57 Å². The SMILES string of the molecule is COc1ccc(OC)c(NC(=O)Nc2ccccc2I)c1. The van der Waals surface area contributed by atoms with Crippen molar-refractivity contribution in [1.29, 1.82) is 0 Å². The van der Waals surface area contributed by atoms with Crippen molar-refractivity contribution in [2.75, 3.05) is 24.9 Å². The fraction of sp³-hybridized carbons (Fsp3) is 0.133. The fourth-order valence-corrected chi connectivity index (χ4v) is 2.27. The van der Waals surface area contributed by atoms with E-state index in [4.69, 9.17) is 9.47 Å². The minimum Gasteiger partial charge on any atom is -0.497 e. The Kier molecular flexibility index (Phi) is 5.26. The Balaban J connectivity index is 2.14. The second kappa shape index (κ2) is 7.16. The summed E-state index contributed by atoms with van der Waals surface area (Å²) < 4.78 is 11.3. The Bertz CT molecular complexity index is 647. The lowest BCUT2D eigenvalue weighted by molar-refractivity contribution is 0.262. The highest BCUT2D eigenvalue weighted by Gasteiger charge is 2.10. The number of urea groups is 1. The van der Waals surface area contributed by atoms with E-state index >= 15 is 0 Å². The molecule has 0 fully saturated rings. The van der Waals surface area contributed by atoms with E-state index in [0.717, 1.165) is 9.26 Å². The van der Waals surface area contributed by atoms with Crippen molar-refractivity contribution in [3.05, 3.63) is 46.0 Å². The molecule has 0 radical (unpaired) electrons. The maximum atomic E-state index is 12.1. The van der Waals surface area contributed by atoms with Crippen molar-refractivity contribution >= 4 is 40.0 Å². The van der Waals surface area contributed by atoms with Gasteiger partial charge in [0.1, 0.15) is 11.5 Å². The first-order valence-electron chi connectivity index (χ1n) is 6.18. The fourth-order valence-electron chi connectivity index (χ4n) is 1.75. The largest absolute Gasteiger partial charge is 0.497 e. The van der Waals surface area contributed by atoms with Crippen molar-refractivity contribution in [3.8, 4) is 11.5 Å². The Morgan fingerprint density at radius 3 is 2.38 bits per heavy atom. The smallest absolute Gasteiger partial charge is 0.323 e. The van der Waals surface area contributed by atoms with Gasteiger partial charge in [0, 0.05) is 9.64 Å². The number of methoxy groups -OCH3 is 2. The van der Waals surface area contributed by atoms with Gasteiger partial charge in [-0.15, -0.1) is 0 Å². The number of hydrogen-bond acceptors (Lipinski definition) is 3. The Morgan fingerprint density at radius 1 is 1.00 bits per heavy atom. The molecule has 2 amide bonds. The minimum absolute atomic E-state index is 0.342. The average molecular weight is 398 g/mol. The molecule has 0 aliphatic heterocycles. The number of para-hydroxylation sites is 1. The van der Waals surface area contributed by atoms with Crippen molar-refractivity contribution in [3.63, 3.8) is 0 Å². The van der Waals surface area contributed by atoms with E-state index in [1.807, 2.05) is 24.3 Å². The standard InChI is InChI=1S/C15H15IN2O3/c1-20-10-7-8-14(21-2)13(9-10)18-15(19)17-12-6-4-3-5-11(12)16/h3-9H,1-2H3,(H2,17,18,19). The number of rotatable bonds is 4. The Morgan fingerprint density at radius 2 is 1.71 bits per heavy atom. The van der Waals surface area contributed by atoms with Crippen LogP contribution in [0.1, 0.15) is 0 Å². The van der Waals surface area contributed by atoms with Gasteiger partial charge in [-0.3, -0.25) is 0 Å². The third-order valence-corrected chi connectivity index (χ3v) is 3.72. The highest BCUT2D eigenvalue weighted by molar-refractivity contribution is 14.1. The van der Waals surface area contributed by atoms with Crippen LogP contribution >= 0.6 is 22.6 Å². The Hall–Kier alpha value is -1.96. The van der Waals surface area contributed by atoms with Crippen LogP contribution in [0.25, 0.3) is 0 Å². The van der Waals surface area contributed by atoms with Gasteiger partial charge in [-0.25, -0.2) is 4.79 Å². The van der Waals surface area contributed by atoms with Gasteiger partial charge >= 0.3 is 6.03 Å². The van der Waals surface area contributed by atoms with Gasteiger partial charge in [0.2, 0.25) is 0 Å². The van der Waals surface area contributed by atoms with Gasteiger partial charge in [0.05, 0.1) is 25.6 Å². The molecule has 0 unspecified atom stereocenters. The lowest BCUT2D eigenvalue weighted by atomic mass is 10.2. The summed E-state index contributed by atoms with van der Waals surface area (Å²) in [6.45, 7) is 0. The van der Waals surface area contributed by atoms with E-state index < -0.39 is 0 Å². The molecule has 6 heteroatoms. The second-order valence-corrected chi connectivity index (χ2v) is 5.29. The summed E-state index contributed by atoms with van der Waals surface area (Å²) in [7, 11) is 3.11. The first-order chi connectivity index (χ1) is 10.1. The zero-order valence-corrected chi connectivity index (χ0v) is 13.8. The first kappa shape index (κ1) is 15.4. The zero-order chi connectivity index (χ0) is 15.2. The molecule has 0 aliphatic carbocycles. The van der Waals surface area contributed by atoms with Crippen LogP contribution in [-0.4, -0.2) is 20.3 Å². The molecule has 2 rings (SSSR count). The van der Waals surface area contributed by atoms with Crippen molar-refractivity contribution in [2.24, 2.45) is 0 Å². The van der Waals surface area contributed by atoms with Crippen LogP contribution in [-0.2, 0) is 0 Å². The summed E-state index contributed by atoms with van der Waals surface area (Å²) in [5.41, 5.74) is 1.29. The molecule has 0 bridgehead atoms. The molecule has 0 saturated carbocycles. The van der Waals surface area contributed by atoms with Crippen LogP contribution in [0.3, 0.4) is 0 Å². The summed E-state index contributed by atoms with van der Waals surface area (Å²) >= 11 is 2.16. The van der Waals surface area contributed by atoms with Crippen molar-refractivity contribution in [1.82, 2.24) is 0 Å². The topological polar surface area (TPSA) is 59.6 Å². The summed E-state index contributed by atoms with van der Waals surface area (Å²) in [6.07, 6.45) is 0. The highest BCUT2D eigenvalue weighted by Crippen LogP contribution is 2.29. The van der Waals surface area contributed by atoms with Crippen LogP contribution in [0.5, 0.6) is 11.5 Å². The monoisotopic (exact) mass is 398 g/mol. The predicted molar refractivity (Wildman–Crippen MR) is 91.3 cm³/mol. The molecular weight excluding hydrogens is 383 g/mol. The molecule has 0 atom stereocenters.